The minimum atomic E-state index is -4.68. The molecular formula is C22H25F4N3O4S. The molecule has 0 bridgehead atoms. The predicted octanol–water partition coefficient (Wildman–Crippen LogP) is 2.74. The lowest BCUT2D eigenvalue weighted by molar-refractivity contribution is -0.139. The summed E-state index contributed by atoms with van der Waals surface area (Å²) in [7, 11) is -4.13. The minimum absolute atomic E-state index is 0.155. The molecule has 0 aliphatic carbocycles. The Morgan fingerprint density at radius 2 is 1.82 bits per heavy atom. The van der Waals surface area contributed by atoms with Crippen molar-refractivity contribution in [1.29, 1.82) is 0 Å². The van der Waals surface area contributed by atoms with Crippen LogP contribution in [0.25, 0.3) is 0 Å². The summed E-state index contributed by atoms with van der Waals surface area (Å²) in [4.78, 5) is 16.5. The molecule has 2 aromatic rings. The van der Waals surface area contributed by atoms with E-state index < -0.39 is 34.1 Å². The van der Waals surface area contributed by atoms with Gasteiger partial charge in [0, 0.05) is 37.8 Å². The largest absolute Gasteiger partial charge is 0.483 e. The van der Waals surface area contributed by atoms with Gasteiger partial charge in [-0.25, -0.2) is 17.9 Å². The quantitative estimate of drug-likeness (QED) is 0.587. The maximum absolute atomic E-state index is 13.1. The molecule has 1 aliphatic rings. The highest BCUT2D eigenvalue weighted by Crippen LogP contribution is 2.33. The van der Waals surface area contributed by atoms with Gasteiger partial charge in [-0.3, -0.25) is 9.69 Å². The molecule has 1 fully saturated rings. The van der Waals surface area contributed by atoms with Gasteiger partial charge in [-0.2, -0.15) is 13.2 Å². The number of nitrogens with zero attached hydrogens (tertiary/aromatic N) is 2. The molecule has 0 saturated carbocycles. The number of carbonyl (C=O) groups excluding carboxylic acids is 1. The predicted molar refractivity (Wildman–Crippen MR) is 117 cm³/mol. The Balaban J connectivity index is 1.62. The monoisotopic (exact) mass is 503 g/mol. The van der Waals surface area contributed by atoms with Crippen LogP contribution < -0.4 is 9.88 Å². The van der Waals surface area contributed by atoms with E-state index in [9.17, 15) is 30.8 Å². The Morgan fingerprint density at radius 3 is 2.41 bits per heavy atom. The number of sulfonamides is 1. The van der Waals surface area contributed by atoms with Crippen LogP contribution in [0.5, 0.6) is 5.75 Å². The molecule has 12 heteroatoms. The number of carbonyl (C=O) groups is 1. The number of rotatable bonds is 7. The lowest BCUT2D eigenvalue weighted by Gasteiger charge is -2.39. The summed E-state index contributed by atoms with van der Waals surface area (Å²) < 4.78 is 80.5. The molecular weight excluding hydrogens is 478 g/mol. The van der Waals surface area contributed by atoms with E-state index in [1.54, 1.807) is 17.0 Å². The molecule has 34 heavy (non-hydrogen) atoms. The molecule has 3 rings (SSSR count). The zero-order valence-electron chi connectivity index (χ0n) is 18.4. The molecule has 0 unspecified atom stereocenters. The van der Waals surface area contributed by atoms with Gasteiger partial charge in [-0.15, -0.1) is 0 Å². The third-order valence-corrected chi connectivity index (χ3v) is 6.16. The first-order valence-electron chi connectivity index (χ1n) is 10.4. The van der Waals surface area contributed by atoms with Crippen molar-refractivity contribution in [2.24, 2.45) is 5.14 Å². The molecule has 1 saturated heterocycles. The Hall–Kier alpha value is -2.70. The molecule has 186 valence electrons. The van der Waals surface area contributed by atoms with Gasteiger partial charge in [0.15, 0.2) is 6.61 Å². The van der Waals surface area contributed by atoms with Crippen molar-refractivity contribution in [2.75, 3.05) is 26.2 Å². The molecule has 1 aliphatic heterocycles. The van der Waals surface area contributed by atoms with Crippen LogP contribution in [0.3, 0.4) is 0 Å². The number of primary sulfonamides is 1. The second-order valence-electron chi connectivity index (χ2n) is 8.21. The van der Waals surface area contributed by atoms with E-state index in [1.807, 2.05) is 6.92 Å². The van der Waals surface area contributed by atoms with Crippen LogP contribution >= 0.6 is 0 Å². The average molecular weight is 504 g/mol. The molecule has 0 aromatic heterocycles. The highest BCUT2D eigenvalue weighted by atomic mass is 32.2. The Morgan fingerprint density at radius 1 is 1.15 bits per heavy atom. The molecule has 0 spiro atoms. The maximum Gasteiger partial charge on any atom is 0.416 e. The lowest BCUT2D eigenvalue weighted by atomic mass is 10.1. The number of hydrogen-bond acceptors (Lipinski definition) is 5. The second kappa shape index (κ2) is 10.3. The number of hydrogen-bond donors (Lipinski definition) is 1. The number of benzene rings is 2. The van der Waals surface area contributed by atoms with Gasteiger partial charge in [0.05, 0.1) is 11.3 Å². The lowest BCUT2D eigenvalue weighted by Crippen LogP contribution is -2.54. The average Bonchev–Trinajstić information content (AvgIpc) is 2.72. The highest BCUT2D eigenvalue weighted by Gasteiger charge is 2.32. The summed E-state index contributed by atoms with van der Waals surface area (Å²) in [6.45, 7) is 3.54. The summed E-state index contributed by atoms with van der Waals surface area (Å²) in [5.74, 6) is -1.71. The topological polar surface area (TPSA) is 92.9 Å². The summed E-state index contributed by atoms with van der Waals surface area (Å²) >= 11 is 0. The van der Waals surface area contributed by atoms with E-state index in [1.165, 1.54) is 12.1 Å². The minimum Gasteiger partial charge on any atom is -0.483 e. The van der Waals surface area contributed by atoms with Gasteiger partial charge < -0.3 is 9.64 Å². The van der Waals surface area contributed by atoms with Crippen molar-refractivity contribution >= 4 is 15.9 Å². The zero-order chi connectivity index (χ0) is 25.1. The van der Waals surface area contributed by atoms with E-state index in [2.05, 4.69) is 4.90 Å². The van der Waals surface area contributed by atoms with Crippen LogP contribution in [0.1, 0.15) is 23.6 Å². The van der Waals surface area contributed by atoms with Gasteiger partial charge in [-0.1, -0.05) is 12.1 Å². The van der Waals surface area contributed by atoms with Crippen molar-refractivity contribution in [1.82, 2.24) is 9.80 Å². The third kappa shape index (κ3) is 7.15. The normalized spacial score (nSPS) is 17.6. The van der Waals surface area contributed by atoms with Gasteiger partial charge in [0.1, 0.15) is 11.6 Å². The van der Waals surface area contributed by atoms with Crippen molar-refractivity contribution in [3.05, 3.63) is 65.0 Å². The maximum atomic E-state index is 13.1. The van der Waals surface area contributed by atoms with Crippen molar-refractivity contribution < 1.29 is 35.5 Å². The van der Waals surface area contributed by atoms with Gasteiger partial charge in [-0.05, 0) is 42.8 Å². The van der Waals surface area contributed by atoms with Crippen molar-refractivity contribution in [3.8, 4) is 5.75 Å². The molecule has 1 heterocycles. The van der Waals surface area contributed by atoms with Crippen LogP contribution in [0.15, 0.2) is 42.5 Å². The number of nitrogens with two attached hydrogens (primary N) is 1. The first-order chi connectivity index (χ1) is 15.8. The smallest absolute Gasteiger partial charge is 0.416 e. The van der Waals surface area contributed by atoms with E-state index in [-0.39, 0.29) is 29.1 Å². The molecule has 1 amide bonds. The van der Waals surface area contributed by atoms with Crippen molar-refractivity contribution in [2.45, 2.75) is 31.4 Å². The Labute approximate surface area is 195 Å². The van der Waals surface area contributed by atoms with Crippen LogP contribution in [0.4, 0.5) is 17.6 Å². The van der Waals surface area contributed by atoms with Gasteiger partial charge >= 0.3 is 6.18 Å². The van der Waals surface area contributed by atoms with Crippen LogP contribution in [0, 0.1) is 5.82 Å². The third-order valence-electron chi connectivity index (χ3n) is 5.45. The fourth-order valence-corrected chi connectivity index (χ4v) is 4.50. The standard InChI is InChI=1S/C22H25F4N3O4S/c1-15-11-28(12-16-2-5-19(23)6-3-16)8-9-29(15)21(30)13-33-20-7-4-18(22(24,25)26)10-17(20)14-34(27,31)32/h2-7,10,15H,8-9,11-14H2,1H3,(H2,27,31,32)/t15-/m1/s1. The van der Waals surface area contributed by atoms with Gasteiger partial charge in [0.25, 0.3) is 5.91 Å². The molecule has 7 nitrogen and oxygen atoms in total. The van der Waals surface area contributed by atoms with Gasteiger partial charge in [0.2, 0.25) is 10.0 Å². The molecule has 0 radical (unpaired) electrons. The van der Waals surface area contributed by atoms with E-state index in [0.717, 1.165) is 17.7 Å². The van der Waals surface area contributed by atoms with Crippen LogP contribution in [-0.4, -0.2) is 56.4 Å². The number of ether oxygens (including phenoxy) is 1. The van der Waals surface area contributed by atoms with Crippen LogP contribution in [-0.2, 0) is 33.3 Å². The SMILES string of the molecule is C[C@@H]1CN(Cc2ccc(F)cc2)CCN1C(=O)COc1ccc(C(F)(F)F)cc1CS(N)(=O)=O. The van der Waals surface area contributed by atoms with E-state index >= 15 is 0 Å². The fourth-order valence-electron chi connectivity index (χ4n) is 3.84. The Bertz CT molecular complexity index is 1120. The molecule has 1 atom stereocenters. The van der Waals surface area contributed by atoms with E-state index in [0.29, 0.717) is 32.2 Å². The number of piperazine rings is 1. The summed E-state index contributed by atoms with van der Waals surface area (Å²) in [6.07, 6.45) is -4.68. The van der Waals surface area contributed by atoms with Crippen LogP contribution in [0.2, 0.25) is 0 Å². The first kappa shape index (κ1) is 25.9. The summed E-state index contributed by atoms with van der Waals surface area (Å²) in [5, 5.41) is 5.00. The van der Waals surface area contributed by atoms with Crippen molar-refractivity contribution in [3.63, 3.8) is 0 Å². The fraction of sp³-hybridized carbons (Fsp3) is 0.409. The molecule has 2 aromatic carbocycles. The number of alkyl halides is 3. The second-order valence-corrected chi connectivity index (χ2v) is 9.83. The highest BCUT2D eigenvalue weighted by molar-refractivity contribution is 7.88. The summed E-state index contributed by atoms with van der Waals surface area (Å²) in [5.41, 5.74) is -0.376. The first-order valence-corrected chi connectivity index (χ1v) is 12.1. The summed E-state index contributed by atoms with van der Waals surface area (Å²) in [6, 6.07) is 8.42. The number of halogens is 4. The molecule has 2 N–H and O–H groups in total. The number of amides is 1. The Kier molecular flexibility index (Phi) is 7.84. The zero-order valence-corrected chi connectivity index (χ0v) is 19.2. The van der Waals surface area contributed by atoms with E-state index in [4.69, 9.17) is 9.88 Å².